The monoisotopic (exact) mass is 231 g/mol. The van der Waals surface area contributed by atoms with E-state index < -0.39 is 0 Å². The fourth-order valence-corrected chi connectivity index (χ4v) is 3.19. The molecular formula is C13H17N3O. The minimum Gasteiger partial charge on any atom is -0.408 e. The van der Waals surface area contributed by atoms with Crippen LogP contribution in [0.2, 0.25) is 0 Å². The Balaban J connectivity index is 2.02. The summed E-state index contributed by atoms with van der Waals surface area (Å²) in [6.07, 6.45) is 3.65. The molecule has 1 aromatic rings. The van der Waals surface area contributed by atoms with E-state index >= 15 is 0 Å². The fourth-order valence-electron chi connectivity index (χ4n) is 3.19. The predicted molar refractivity (Wildman–Crippen MR) is 65.9 cm³/mol. The Morgan fingerprint density at radius 2 is 2.24 bits per heavy atom. The van der Waals surface area contributed by atoms with Crippen molar-refractivity contribution in [2.24, 2.45) is 10.9 Å². The van der Waals surface area contributed by atoms with E-state index in [9.17, 15) is 0 Å². The van der Waals surface area contributed by atoms with Crippen LogP contribution in [-0.2, 0) is 13.0 Å². The van der Waals surface area contributed by atoms with Crippen LogP contribution < -0.4 is 5.73 Å². The predicted octanol–water partition coefficient (Wildman–Crippen LogP) is 1.63. The van der Waals surface area contributed by atoms with Gasteiger partial charge in [0.1, 0.15) is 0 Å². The summed E-state index contributed by atoms with van der Waals surface area (Å²) >= 11 is 0. The average molecular weight is 231 g/mol. The van der Waals surface area contributed by atoms with Gasteiger partial charge in [0, 0.05) is 19.0 Å². The van der Waals surface area contributed by atoms with Crippen molar-refractivity contribution in [1.82, 2.24) is 4.90 Å². The number of oxime groups is 1. The van der Waals surface area contributed by atoms with Gasteiger partial charge in [-0.15, -0.1) is 0 Å². The number of guanidine groups is 1. The van der Waals surface area contributed by atoms with Crippen molar-refractivity contribution in [3.05, 3.63) is 34.9 Å². The summed E-state index contributed by atoms with van der Waals surface area (Å²) in [7, 11) is 0. The average Bonchev–Trinajstić information content (AvgIpc) is 2.38. The molecule has 4 heteroatoms. The van der Waals surface area contributed by atoms with Gasteiger partial charge >= 0.3 is 0 Å². The summed E-state index contributed by atoms with van der Waals surface area (Å²) in [6, 6.07) is 6.52. The summed E-state index contributed by atoms with van der Waals surface area (Å²) in [5, 5.41) is 11.9. The lowest BCUT2D eigenvalue weighted by Gasteiger charge is -2.38. The lowest BCUT2D eigenvalue weighted by atomic mass is 9.78. The van der Waals surface area contributed by atoms with E-state index in [-0.39, 0.29) is 5.96 Å². The van der Waals surface area contributed by atoms with E-state index in [1.54, 1.807) is 0 Å². The van der Waals surface area contributed by atoms with Gasteiger partial charge in [0.05, 0.1) is 0 Å². The summed E-state index contributed by atoms with van der Waals surface area (Å²) in [5.41, 5.74) is 10.1. The van der Waals surface area contributed by atoms with Crippen LogP contribution in [-0.4, -0.2) is 22.6 Å². The van der Waals surface area contributed by atoms with Crippen LogP contribution in [0.4, 0.5) is 0 Å². The van der Waals surface area contributed by atoms with E-state index in [2.05, 4.69) is 23.4 Å². The van der Waals surface area contributed by atoms with Crippen LogP contribution in [0.25, 0.3) is 0 Å². The first-order chi connectivity index (χ1) is 8.29. The normalized spacial score (nSPS) is 23.4. The molecule has 3 rings (SSSR count). The molecule has 1 heterocycles. The molecule has 0 bridgehead atoms. The van der Waals surface area contributed by atoms with Crippen molar-refractivity contribution in [3.63, 3.8) is 0 Å². The van der Waals surface area contributed by atoms with Gasteiger partial charge in [-0.3, -0.25) is 0 Å². The second kappa shape index (κ2) is 3.95. The quantitative estimate of drug-likeness (QED) is 0.309. The zero-order chi connectivity index (χ0) is 11.8. The Kier molecular flexibility index (Phi) is 2.42. The number of rotatable bonds is 0. The van der Waals surface area contributed by atoms with Gasteiger partial charge in [0.15, 0.2) is 0 Å². The SMILES string of the molecule is N/C(=N\O)N1Cc2cccc3c2C(CCC3)C1. The Morgan fingerprint density at radius 1 is 1.41 bits per heavy atom. The van der Waals surface area contributed by atoms with Crippen LogP contribution in [0.1, 0.15) is 35.4 Å². The first-order valence-corrected chi connectivity index (χ1v) is 6.12. The molecule has 0 radical (unpaired) electrons. The number of nitrogens with two attached hydrogens (primary N) is 1. The highest BCUT2D eigenvalue weighted by atomic mass is 16.4. The molecule has 0 amide bonds. The van der Waals surface area contributed by atoms with Crippen molar-refractivity contribution < 1.29 is 5.21 Å². The maximum absolute atomic E-state index is 8.78. The first-order valence-electron chi connectivity index (χ1n) is 6.12. The number of nitrogens with zero attached hydrogens (tertiary/aromatic N) is 2. The van der Waals surface area contributed by atoms with Crippen molar-refractivity contribution in [2.45, 2.75) is 31.7 Å². The third-order valence-electron chi connectivity index (χ3n) is 3.92. The highest BCUT2D eigenvalue weighted by molar-refractivity contribution is 5.77. The Labute approximate surface area is 101 Å². The van der Waals surface area contributed by atoms with E-state index in [1.807, 2.05) is 4.90 Å². The van der Waals surface area contributed by atoms with Gasteiger partial charge < -0.3 is 15.8 Å². The topological polar surface area (TPSA) is 61.9 Å². The summed E-state index contributed by atoms with van der Waals surface area (Å²) in [6.45, 7) is 1.63. The van der Waals surface area contributed by atoms with E-state index in [0.717, 1.165) is 13.1 Å². The number of hydrogen-bond acceptors (Lipinski definition) is 2. The molecular weight excluding hydrogens is 214 g/mol. The van der Waals surface area contributed by atoms with Gasteiger partial charge in [-0.25, -0.2) is 0 Å². The molecule has 2 aliphatic rings. The van der Waals surface area contributed by atoms with Crippen LogP contribution in [0.3, 0.4) is 0 Å². The molecule has 0 fully saturated rings. The lowest BCUT2D eigenvalue weighted by Crippen LogP contribution is -2.43. The lowest BCUT2D eigenvalue weighted by molar-refractivity contribution is 0.278. The van der Waals surface area contributed by atoms with Gasteiger partial charge in [0.25, 0.3) is 0 Å². The van der Waals surface area contributed by atoms with Gasteiger partial charge in [0.2, 0.25) is 5.96 Å². The molecule has 1 aromatic carbocycles. The maximum atomic E-state index is 8.78. The molecule has 0 aromatic heterocycles. The smallest absolute Gasteiger partial charge is 0.233 e. The number of hydrogen-bond donors (Lipinski definition) is 2. The van der Waals surface area contributed by atoms with Gasteiger partial charge in [-0.2, -0.15) is 0 Å². The second-order valence-electron chi connectivity index (χ2n) is 4.92. The Bertz CT molecular complexity index is 470. The van der Waals surface area contributed by atoms with Crippen LogP contribution in [0, 0.1) is 0 Å². The standard InChI is InChI=1S/C13H17N3O/c14-13(15-17)16-7-10-5-1-3-9-4-2-6-11(8-16)12(9)10/h1,3,5,11,17H,2,4,6-8H2,(H2,14,15). The molecule has 1 aliphatic carbocycles. The highest BCUT2D eigenvalue weighted by Crippen LogP contribution is 2.38. The van der Waals surface area contributed by atoms with Crippen molar-refractivity contribution >= 4 is 5.96 Å². The summed E-state index contributed by atoms with van der Waals surface area (Å²) in [5.74, 6) is 0.774. The van der Waals surface area contributed by atoms with Crippen molar-refractivity contribution in [3.8, 4) is 0 Å². The largest absolute Gasteiger partial charge is 0.408 e. The first kappa shape index (κ1) is 10.4. The third-order valence-corrected chi connectivity index (χ3v) is 3.92. The molecule has 1 atom stereocenters. The van der Waals surface area contributed by atoms with Gasteiger partial charge in [-0.05, 0) is 36.0 Å². The molecule has 0 saturated carbocycles. The summed E-state index contributed by atoms with van der Waals surface area (Å²) < 4.78 is 0. The Morgan fingerprint density at radius 3 is 3.06 bits per heavy atom. The Hall–Kier alpha value is -1.71. The minimum atomic E-state index is 0.228. The number of aryl methyl sites for hydroxylation is 1. The van der Waals surface area contributed by atoms with E-state index in [4.69, 9.17) is 10.9 Å². The molecule has 90 valence electrons. The van der Waals surface area contributed by atoms with Gasteiger partial charge in [-0.1, -0.05) is 23.4 Å². The third kappa shape index (κ3) is 1.64. The molecule has 0 spiro atoms. The van der Waals surface area contributed by atoms with Crippen molar-refractivity contribution in [1.29, 1.82) is 0 Å². The zero-order valence-electron chi connectivity index (χ0n) is 9.76. The molecule has 1 unspecified atom stereocenters. The second-order valence-corrected chi connectivity index (χ2v) is 4.92. The van der Waals surface area contributed by atoms with Crippen LogP contribution in [0.15, 0.2) is 23.4 Å². The molecule has 3 N–H and O–H groups in total. The maximum Gasteiger partial charge on any atom is 0.233 e. The molecule has 1 aliphatic heterocycles. The number of benzene rings is 1. The minimum absolute atomic E-state index is 0.228. The van der Waals surface area contributed by atoms with E-state index in [0.29, 0.717) is 5.92 Å². The van der Waals surface area contributed by atoms with E-state index in [1.165, 1.54) is 36.0 Å². The summed E-state index contributed by atoms with van der Waals surface area (Å²) in [4.78, 5) is 1.96. The molecule has 4 nitrogen and oxygen atoms in total. The highest BCUT2D eigenvalue weighted by Gasteiger charge is 2.30. The fraction of sp³-hybridized carbons (Fsp3) is 0.462. The van der Waals surface area contributed by atoms with Crippen LogP contribution >= 0.6 is 0 Å². The molecule has 17 heavy (non-hydrogen) atoms. The van der Waals surface area contributed by atoms with Crippen LogP contribution in [0.5, 0.6) is 0 Å². The van der Waals surface area contributed by atoms with Crippen molar-refractivity contribution in [2.75, 3.05) is 6.54 Å². The molecule has 0 saturated heterocycles. The zero-order valence-corrected chi connectivity index (χ0v) is 9.76.